The molecule has 2 rings (SSSR count). The summed E-state index contributed by atoms with van der Waals surface area (Å²) in [5.41, 5.74) is 0.764. The number of phenols is 1. The van der Waals surface area contributed by atoms with E-state index in [0.29, 0.717) is 20.3 Å². The van der Waals surface area contributed by atoms with Crippen molar-refractivity contribution >= 4 is 62.2 Å². The largest absolute Gasteiger partial charge is 0.507 e. The maximum atomic E-state index is 12.4. The maximum absolute atomic E-state index is 12.4. The summed E-state index contributed by atoms with van der Waals surface area (Å²) in [7, 11) is 0. The Labute approximate surface area is 151 Å². The van der Waals surface area contributed by atoms with Gasteiger partial charge in [-0.3, -0.25) is 14.5 Å². The van der Waals surface area contributed by atoms with Gasteiger partial charge in [-0.2, -0.15) is 0 Å². The minimum Gasteiger partial charge on any atom is -0.507 e. The highest BCUT2D eigenvalue weighted by Gasteiger charge is 2.32. The third-order valence-corrected chi connectivity index (χ3v) is 5.00. The fraction of sp³-hybridized carbons (Fsp3) is 0.267. The predicted octanol–water partition coefficient (Wildman–Crippen LogP) is 3.31. The number of carbonyl (C=O) groups is 2. The number of hydrogen-bond donors (Lipinski definition) is 1. The van der Waals surface area contributed by atoms with Gasteiger partial charge in [0.2, 0.25) is 0 Å². The number of thiocarbonyl (C=S) groups is 1. The van der Waals surface area contributed by atoms with Crippen LogP contribution in [0.2, 0.25) is 0 Å². The molecule has 0 aromatic heterocycles. The zero-order valence-electron chi connectivity index (χ0n) is 12.2. The van der Waals surface area contributed by atoms with Crippen molar-refractivity contribution in [2.75, 3.05) is 13.2 Å². The number of thioether (sulfide) groups is 1. The molecule has 1 saturated heterocycles. The Morgan fingerprint density at radius 1 is 1.52 bits per heavy atom. The Bertz CT molecular complexity index is 690. The van der Waals surface area contributed by atoms with Crippen LogP contribution in [0, 0.1) is 0 Å². The minimum atomic E-state index is -0.354. The van der Waals surface area contributed by atoms with E-state index in [0.717, 1.165) is 5.56 Å². The first-order valence-electron chi connectivity index (χ1n) is 6.82. The second-order valence-electron chi connectivity index (χ2n) is 4.60. The van der Waals surface area contributed by atoms with Crippen molar-refractivity contribution in [3.05, 3.63) is 33.1 Å². The number of amides is 1. The number of ether oxygens (including phenoxy) is 1. The van der Waals surface area contributed by atoms with E-state index in [1.54, 1.807) is 25.1 Å². The third kappa shape index (κ3) is 4.55. The summed E-state index contributed by atoms with van der Waals surface area (Å²) >= 11 is 9.62. The van der Waals surface area contributed by atoms with Gasteiger partial charge in [0.25, 0.3) is 5.91 Å². The van der Waals surface area contributed by atoms with Crippen LogP contribution in [-0.2, 0) is 14.3 Å². The van der Waals surface area contributed by atoms with Crippen LogP contribution in [0.4, 0.5) is 0 Å². The van der Waals surface area contributed by atoms with Crippen LogP contribution in [-0.4, -0.2) is 39.4 Å². The van der Waals surface area contributed by atoms with Crippen LogP contribution in [0.25, 0.3) is 6.08 Å². The molecule has 0 bridgehead atoms. The quantitative estimate of drug-likeness (QED) is 0.452. The molecule has 0 atom stereocenters. The molecule has 0 aliphatic carbocycles. The maximum Gasteiger partial charge on any atom is 0.307 e. The lowest BCUT2D eigenvalue weighted by Gasteiger charge is -2.13. The molecule has 5 nitrogen and oxygen atoms in total. The molecule has 122 valence electrons. The zero-order chi connectivity index (χ0) is 17.0. The highest BCUT2D eigenvalue weighted by atomic mass is 79.9. The van der Waals surface area contributed by atoms with Crippen molar-refractivity contribution in [1.29, 1.82) is 0 Å². The molecular weight excluding hydrogens is 402 g/mol. The number of rotatable bonds is 5. The van der Waals surface area contributed by atoms with Crippen LogP contribution >= 0.6 is 39.9 Å². The fourth-order valence-electron chi connectivity index (χ4n) is 1.89. The number of hydrogen-bond acceptors (Lipinski definition) is 6. The second kappa shape index (κ2) is 7.94. The minimum absolute atomic E-state index is 0.109. The van der Waals surface area contributed by atoms with Crippen LogP contribution in [0.3, 0.4) is 0 Å². The van der Waals surface area contributed by atoms with Gasteiger partial charge in [0, 0.05) is 6.54 Å². The first-order valence-corrected chi connectivity index (χ1v) is 8.83. The summed E-state index contributed by atoms with van der Waals surface area (Å²) in [6.07, 6.45) is 1.81. The molecule has 1 aliphatic rings. The smallest absolute Gasteiger partial charge is 0.307 e. The van der Waals surface area contributed by atoms with Crippen molar-refractivity contribution in [1.82, 2.24) is 4.90 Å². The standard InChI is InChI=1S/C15H14BrNO4S2/c1-2-21-13(19)5-6-17-14(20)12(23-15(17)22)8-9-3-4-11(18)10(16)7-9/h3-4,7-8,18H,2,5-6H2,1H3/b12-8+. The van der Waals surface area contributed by atoms with Crippen molar-refractivity contribution in [2.24, 2.45) is 0 Å². The first-order chi connectivity index (χ1) is 10.9. The van der Waals surface area contributed by atoms with E-state index in [9.17, 15) is 14.7 Å². The van der Waals surface area contributed by atoms with Crippen molar-refractivity contribution in [2.45, 2.75) is 13.3 Å². The molecule has 0 saturated carbocycles. The molecule has 1 aromatic carbocycles. The van der Waals surface area contributed by atoms with Crippen LogP contribution in [0.5, 0.6) is 5.75 Å². The van der Waals surface area contributed by atoms with Gasteiger partial charge in [-0.25, -0.2) is 0 Å². The number of phenolic OH excluding ortho intramolecular Hbond substituents is 1. The van der Waals surface area contributed by atoms with E-state index in [1.807, 2.05) is 0 Å². The van der Waals surface area contributed by atoms with Gasteiger partial charge < -0.3 is 9.84 Å². The van der Waals surface area contributed by atoms with Crippen LogP contribution in [0.1, 0.15) is 18.9 Å². The van der Waals surface area contributed by atoms with Crippen molar-refractivity contribution in [3.63, 3.8) is 0 Å². The molecule has 1 heterocycles. The Kier molecular flexibility index (Phi) is 6.20. The fourth-order valence-corrected chi connectivity index (χ4v) is 3.60. The lowest BCUT2D eigenvalue weighted by molar-refractivity contribution is -0.143. The normalized spacial score (nSPS) is 16.3. The lowest BCUT2D eigenvalue weighted by atomic mass is 10.2. The Morgan fingerprint density at radius 2 is 2.26 bits per heavy atom. The first kappa shape index (κ1) is 18.0. The van der Waals surface area contributed by atoms with E-state index < -0.39 is 0 Å². The molecule has 1 aromatic rings. The van der Waals surface area contributed by atoms with Gasteiger partial charge >= 0.3 is 5.97 Å². The number of nitrogens with zero attached hydrogens (tertiary/aromatic N) is 1. The van der Waals surface area contributed by atoms with Gasteiger partial charge in [0.15, 0.2) is 0 Å². The Morgan fingerprint density at radius 3 is 2.91 bits per heavy atom. The molecule has 1 fully saturated rings. The Balaban J connectivity index is 2.09. The molecule has 8 heteroatoms. The van der Waals surface area contributed by atoms with Crippen LogP contribution < -0.4 is 0 Å². The van der Waals surface area contributed by atoms with E-state index >= 15 is 0 Å². The van der Waals surface area contributed by atoms with E-state index in [4.69, 9.17) is 17.0 Å². The molecule has 1 aliphatic heterocycles. The van der Waals surface area contributed by atoms with Crippen molar-refractivity contribution < 1.29 is 19.4 Å². The number of carbonyl (C=O) groups excluding carboxylic acids is 2. The van der Waals surface area contributed by atoms with Crippen LogP contribution in [0.15, 0.2) is 27.6 Å². The molecular formula is C15H14BrNO4S2. The summed E-state index contributed by atoms with van der Waals surface area (Å²) in [5, 5.41) is 9.49. The third-order valence-electron chi connectivity index (χ3n) is 2.99. The van der Waals surface area contributed by atoms with E-state index in [-0.39, 0.29) is 30.6 Å². The highest BCUT2D eigenvalue weighted by molar-refractivity contribution is 9.10. The molecule has 0 radical (unpaired) electrons. The number of benzene rings is 1. The van der Waals surface area contributed by atoms with E-state index in [1.165, 1.54) is 22.7 Å². The lowest BCUT2D eigenvalue weighted by Crippen LogP contribution is -2.30. The zero-order valence-corrected chi connectivity index (χ0v) is 15.5. The topological polar surface area (TPSA) is 66.8 Å². The molecule has 1 N–H and O–H groups in total. The summed E-state index contributed by atoms with van der Waals surface area (Å²) in [5.74, 6) is -0.453. The van der Waals surface area contributed by atoms with E-state index in [2.05, 4.69) is 15.9 Å². The van der Waals surface area contributed by atoms with Gasteiger partial charge in [0.1, 0.15) is 10.1 Å². The average molecular weight is 416 g/mol. The van der Waals surface area contributed by atoms with Gasteiger partial charge in [-0.15, -0.1) is 0 Å². The number of aromatic hydroxyl groups is 1. The highest BCUT2D eigenvalue weighted by Crippen LogP contribution is 2.33. The van der Waals surface area contributed by atoms with Gasteiger partial charge in [0.05, 0.1) is 22.4 Å². The summed E-state index contributed by atoms with van der Waals surface area (Å²) in [4.78, 5) is 25.7. The predicted molar refractivity (Wildman–Crippen MR) is 96.9 cm³/mol. The molecule has 1 amide bonds. The number of halogens is 1. The van der Waals surface area contributed by atoms with Gasteiger partial charge in [-0.1, -0.05) is 30.0 Å². The summed E-state index contributed by atoms with van der Waals surface area (Å²) in [6.45, 7) is 2.25. The molecule has 0 spiro atoms. The summed E-state index contributed by atoms with van der Waals surface area (Å²) < 4.78 is 5.81. The number of esters is 1. The average Bonchev–Trinajstić information content (AvgIpc) is 2.75. The monoisotopic (exact) mass is 415 g/mol. The second-order valence-corrected chi connectivity index (χ2v) is 7.13. The SMILES string of the molecule is CCOC(=O)CCN1C(=O)/C(=C\c2ccc(O)c(Br)c2)SC1=S. The van der Waals surface area contributed by atoms with Crippen molar-refractivity contribution in [3.8, 4) is 5.75 Å². The molecule has 23 heavy (non-hydrogen) atoms. The van der Waals surface area contributed by atoms with Gasteiger partial charge in [-0.05, 0) is 46.6 Å². The molecule has 0 unspecified atom stereocenters. The summed E-state index contributed by atoms with van der Waals surface area (Å²) in [6, 6.07) is 4.95. The Hall–Kier alpha value is -1.38.